The Labute approximate surface area is 103 Å². The van der Waals surface area contributed by atoms with E-state index in [0.29, 0.717) is 5.41 Å². The van der Waals surface area contributed by atoms with Gasteiger partial charge < -0.3 is 22.5 Å². The van der Waals surface area contributed by atoms with Crippen LogP contribution in [-0.2, 0) is 9.53 Å². The van der Waals surface area contributed by atoms with E-state index in [4.69, 9.17) is 4.74 Å². The first-order chi connectivity index (χ1) is 7.00. The molecule has 4 heteroatoms. The SMILES string of the molecule is COC(=O)C12CC3CCC1(C)C3(C)C[NH2+]2.[Cl-]. The molecule has 3 rings (SSSR count). The standard InChI is InChI=1S/C12H19NO2.ClH/c1-10-7-13-12(9(14)15-3)6-8(10)4-5-11(10,12)2;/h8,13H,4-7H2,1-3H3;1H. The first kappa shape index (κ1) is 12.2. The number of halogens is 1. The van der Waals surface area contributed by atoms with Crippen molar-refractivity contribution in [1.82, 2.24) is 0 Å². The molecule has 1 aliphatic heterocycles. The second kappa shape index (κ2) is 3.14. The fourth-order valence-corrected chi connectivity index (χ4v) is 4.85. The zero-order valence-electron chi connectivity index (χ0n) is 10.2. The van der Waals surface area contributed by atoms with Gasteiger partial charge in [0, 0.05) is 17.3 Å². The molecule has 1 saturated heterocycles. The van der Waals surface area contributed by atoms with Gasteiger partial charge in [-0.15, -0.1) is 0 Å². The Kier molecular flexibility index (Phi) is 2.39. The molecular formula is C12H20ClNO2. The maximum Gasteiger partial charge on any atom is 0.368 e. The normalized spacial score (nSPS) is 52.6. The van der Waals surface area contributed by atoms with E-state index in [9.17, 15) is 4.79 Å². The van der Waals surface area contributed by atoms with Crippen LogP contribution in [0.5, 0.6) is 0 Å². The van der Waals surface area contributed by atoms with Gasteiger partial charge in [-0.1, -0.05) is 13.8 Å². The summed E-state index contributed by atoms with van der Waals surface area (Å²) in [6, 6.07) is 0. The number of ether oxygens (including phenoxy) is 1. The highest BCUT2D eigenvalue weighted by atomic mass is 35.5. The third-order valence-electron chi connectivity index (χ3n) is 6.13. The molecule has 2 aliphatic carbocycles. The van der Waals surface area contributed by atoms with Gasteiger partial charge in [-0.3, -0.25) is 0 Å². The van der Waals surface area contributed by atoms with Crippen molar-refractivity contribution in [2.45, 2.75) is 38.6 Å². The van der Waals surface area contributed by atoms with Crippen LogP contribution in [0, 0.1) is 16.7 Å². The zero-order chi connectivity index (χ0) is 10.9. The first-order valence-corrected chi connectivity index (χ1v) is 5.93. The number of carbonyl (C=O) groups excluding carboxylic acids is 1. The van der Waals surface area contributed by atoms with Crippen LogP contribution in [0.25, 0.3) is 0 Å². The number of hydrogen-bond acceptors (Lipinski definition) is 2. The van der Waals surface area contributed by atoms with Gasteiger partial charge in [-0.25, -0.2) is 4.79 Å². The average Bonchev–Trinajstić information content (AvgIpc) is 2.70. The number of methoxy groups -OCH3 is 1. The molecule has 3 aliphatic rings. The van der Waals surface area contributed by atoms with Crippen molar-refractivity contribution in [1.29, 1.82) is 0 Å². The lowest BCUT2D eigenvalue weighted by molar-refractivity contribution is -0.714. The number of carbonyl (C=O) groups is 1. The zero-order valence-corrected chi connectivity index (χ0v) is 10.9. The number of piperidine rings is 1. The van der Waals surface area contributed by atoms with Crippen LogP contribution in [0.3, 0.4) is 0 Å². The highest BCUT2D eigenvalue weighted by Gasteiger charge is 2.81. The van der Waals surface area contributed by atoms with Gasteiger partial charge in [-0.05, 0) is 18.8 Å². The van der Waals surface area contributed by atoms with Gasteiger partial charge in [-0.2, -0.15) is 0 Å². The van der Waals surface area contributed by atoms with Crippen molar-refractivity contribution < 1.29 is 27.3 Å². The number of quaternary nitrogens is 1. The van der Waals surface area contributed by atoms with Gasteiger partial charge in [0.1, 0.15) is 0 Å². The van der Waals surface area contributed by atoms with Gasteiger partial charge in [0.05, 0.1) is 13.7 Å². The molecule has 0 amide bonds. The van der Waals surface area contributed by atoms with Crippen LogP contribution in [0.1, 0.15) is 33.1 Å². The number of hydrogen-bond donors (Lipinski definition) is 1. The molecule has 16 heavy (non-hydrogen) atoms. The van der Waals surface area contributed by atoms with Crippen molar-refractivity contribution in [3.8, 4) is 0 Å². The molecule has 0 aromatic rings. The third-order valence-corrected chi connectivity index (χ3v) is 6.13. The van der Waals surface area contributed by atoms with Gasteiger partial charge in [0.25, 0.3) is 0 Å². The van der Waals surface area contributed by atoms with Crippen LogP contribution in [0.4, 0.5) is 0 Å². The topological polar surface area (TPSA) is 42.9 Å². The predicted molar refractivity (Wildman–Crippen MR) is 55.1 cm³/mol. The molecule has 3 nitrogen and oxygen atoms in total. The summed E-state index contributed by atoms with van der Waals surface area (Å²) in [6.45, 7) is 5.78. The Balaban J connectivity index is 0.000000963. The van der Waals surface area contributed by atoms with Crippen molar-refractivity contribution in [3.63, 3.8) is 0 Å². The van der Waals surface area contributed by atoms with Crippen molar-refractivity contribution >= 4 is 5.97 Å². The molecule has 92 valence electrons. The summed E-state index contributed by atoms with van der Waals surface area (Å²) in [6.07, 6.45) is 3.53. The number of rotatable bonds is 1. The fraction of sp³-hybridized carbons (Fsp3) is 0.917. The summed E-state index contributed by atoms with van der Waals surface area (Å²) >= 11 is 0. The Morgan fingerprint density at radius 3 is 2.62 bits per heavy atom. The molecule has 2 N–H and O–H groups in total. The quantitative estimate of drug-likeness (QED) is 0.512. The van der Waals surface area contributed by atoms with E-state index in [0.717, 1.165) is 18.9 Å². The van der Waals surface area contributed by atoms with Crippen LogP contribution >= 0.6 is 0 Å². The Bertz CT molecular complexity index is 348. The summed E-state index contributed by atoms with van der Waals surface area (Å²) in [4.78, 5) is 12.1. The van der Waals surface area contributed by atoms with Crippen LogP contribution in [0.2, 0.25) is 0 Å². The number of nitrogens with two attached hydrogens (primary N) is 1. The van der Waals surface area contributed by atoms with Crippen LogP contribution < -0.4 is 17.7 Å². The lowest BCUT2D eigenvalue weighted by Crippen LogP contribution is -3.00. The molecule has 2 saturated carbocycles. The van der Waals surface area contributed by atoms with Crippen molar-refractivity contribution in [2.24, 2.45) is 16.7 Å². The van der Waals surface area contributed by atoms with E-state index in [2.05, 4.69) is 19.2 Å². The van der Waals surface area contributed by atoms with Gasteiger partial charge in [0.15, 0.2) is 0 Å². The second-order valence-electron chi connectivity index (χ2n) is 6.06. The number of esters is 1. The van der Waals surface area contributed by atoms with Crippen LogP contribution in [0.15, 0.2) is 0 Å². The maximum absolute atomic E-state index is 12.1. The molecule has 0 aromatic heterocycles. The van der Waals surface area contributed by atoms with E-state index in [1.807, 2.05) is 0 Å². The molecule has 4 atom stereocenters. The van der Waals surface area contributed by atoms with Crippen molar-refractivity contribution in [2.75, 3.05) is 13.7 Å². The Morgan fingerprint density at radius 1 is 1.44 bits per heavy atom. The minimum Gasteiger partial charge on any atom is -1.00 e. The second-order valence-corrected chi connectivity index (χ2v) is 6.06. The summed E-state index contributed by atoms with van der Waals surface area (Å²) in [5.74, 6) is 0.752. The average molecular weight is 246 g/mol. The fourth-order valence-electron chi connectivity index (χ4n) is 4.85. The molecule has 1 heterocycles. The Hall–Kier alpha value is -0.280. The van der Waals surface area contributed by atoms with E-state index in [-0.39, 0.29) is 29.3 Å². The van der Waals surface area contributed by atoms with Gasteiger partial charge >= 0.3 is 5.97 Å². The molecule has 4 unspecified atom stereocenters. The minimum atomic E-state index is -0.251. The van der Waals surface area contributed by atoms with E-state index >= 15 is 0 Å². The first-order valence-electron chi connectivity index (χ1n) is 5.93. The maximum atomic E-state index is 12.1. The van der Waals surface area contributed by atoms with Gasteiger partial charge in [0.2, 0.25) is 5.54 Å². The predicted octanol–water partition coefficient (Wildman–Crippen LogP) is -2.69. The Morgan fingerprint density at radius 2 is 2.12 bits per heavy atom. The molecule has 0 spiro atoms. The molecule has 3 fully saturated rings. The van der Waals surface area contributed by atoms with Crippen LogP contribution in [-0.4, -0.2) is 25.2 Å². The van der Waals surface area contributed by atoms with E-state index in [1.165, 1.54) is 20.0 Å². The molecule has 0 aromatic carbocycles. The smallest absolute Gasteiger partial charge is 0.368 e. The summed E-state index contributed by atoms with van der Waals surface area (Å²) in [5, 5.41) is 2.26. The minimum absolute atomic E-state index is 0. The largest absolute Gasteiger partial charge is 1.00 e. The molecular weight excluding hydrogens is 226 g/mol. The lowest BCUT2D eigenvalue weighted by Gasteiger charge is -2.36. The monoisotopic (exact) mass is 245 g/mol. The molecule has 4 bridgehead atoms. The highest BCUT2D eigenvalue weighted by Crippen LogP contribution is 2.70. The van der Waals surface area contributed by atoms with E-state index < -0.39 is 0 Å². The third kappa shape index (κ3) is 0.898. The summed E-state index contributed by atoms with van der Waals surface area (Å²) < 4.78 is 5.05. The van der Waals surface area contributed by atoms with E-state index in [1.54, 1.807) is 0 Å². The lowest BCUT2D eigenvalue weighted by atomic mass is 9.66. The summed E-state index contributed by atoms with van der Waals surface area (Å²) in [7, 11) is 1.52. The highest BCUT2D eigenvalue weighted by molar-refractivity contribution is 5.82. The summed E-state index contributed by atoms with van der Waals surface area (Å²) in [5.41, 5.74) is 0.276. The molecule has 0 radical (unpaired) electrons. The van der Waals surface area contributed by atoms with Crippen molar-refractivity contribution in [3.05, 3.63) is 0 Å².